The molecule has 1 rings (SSSR count). The predicted molar refractivity (Wildman–Crippen MR) is 49.8 cm³/mol. The molecule has 0 aliphatic heterocycles. The Morgan fingerprint density at radius 1 is 1.43 bits per heavy atom. The molecular weight excluding hydrogens is 188 g/mol. The standard InChI is InChI=1S/C10H13F2NO/c1-2-14-6-10(13)8-5-7(11)3-4-9(8)12/h3-5,10H,2,6,13H2,1H3. The van der Waals surface area contributed by atoms with Crippen molar-refractivity contribution in [3.05, 3.63) is 35.4 Å². The maximum Gasteiger partial charge on any atom is 0.128 e. The number of hydrogen-bond acceptors (Lipinski definition) is 2. The molecule has 0 aliphatic carbocycles. The molecule has 1 atom stereocenters. The quantitative estimate of drug-likeness (QED) is 0.808. The van der Waals surface area contributed by atoms with Crippen LogP contribution in [0.1, 0.15) is 18.5 Å². The maximum absolute atomic E-state index is 13.1. The van der Waals surface area contributed by atoms with Gasteiger partial charge in [-0.05, 0) is 25.1 Å². The van der Waals surface area contributed by atoms with Gasteiger partial charge in [0.15, 0.2) is 0 Å². The number of hydrogen-bond donors (Lipinski definition) is 1. The van der Waals surface area contributed by atoms with E-state index in [1.807, 2.05) is 6.92 Å². The molecule has 1 aromatic carbocycles. The van der Waals surface area contributed by atoms with Crippen LogP contribution in [0.3, 0.4) is 0 Å². The molecule has 0 radical (unpaired) electrons. The Morgan fingerprint density at radius 2 is 2.14 bits per heavy atom. The lowest BCUT2D eigenvalue weighted by atomic mass is 10.1. The van der Waals surface area contributed by atoms with Gasteiger partial charge in [-0.2, -0.15) is 0 Å². The average Bonchev–Trinajstić information content (AvgIpc) is 2.18. The first-order valence-corrected chi connectivity index (χ1v) is 4.43. The lowest BCUT2D eigenvalue weighted by Gasteiger charge is -2.12. The predicted octanol–water partition coefficient (Wildman–Crippen LogP) is 2.00. The van der Waals surface area contributed by atoms with Crippen LogP contribution in [0.25, 0.3) is 0 Å². The molecule has 1 unspecified atom stereocenters. The minimum Gasteiger partial charge on any atom is -0.380 e. The summed E-state index contributed by atoms with van der Waals surface area (Å²) in [7, 11) is 0. The molecule has 2 nitrogen and oxygen atoms in total. The lowest BCUT2D eigenvalue weighted by Crippen LogP contribution is -2.18. The molecule has 1 aromatic rings. The molecule has 2 N–H and O–H groups in total. The van der Waals surface area contributed by atoms with Crippen molar-refractivity contribution in [2.75, 3.05) is 13.2 Å². The highest BCUT2D eigenvalue weighted by molar-refractivity contribution is 5.22. The van der Waals surface area contributed by atoms with Crippen molar-refractivity contribution in [2.24, 2.45) is 5.73 Å². The Balaban J connectivity index is 2.77. The van der Waals surface area contributed by atoms with Crippen LogP contribution in [0.4, 0.5) is 8.78 Å². The van der Waals surface area contributed by atoms with Crippen LogP contribution in [0.2, 0.25) is 0 Å². The molecule has 0 saturated heterocycles. The second kappa shape index (κ2) is 5.02. The van der Waals surface area contributed by atoms with E-state index in [9.17, 15) is 8.78 Å². The van der Waals surface area contributed by atoms with E-state index < -0.39 is 17.7 Å². The zero-order valence-electron chi connectivity index (χ0n) is 7.97. The van der Waals surface area contributed by atoms with Gasteiger partial charge in [-0.1, -0.05) is 0 Å². The normalized spacial score (nSPS) is 12.9. The third-order valence-corrected chi connectivity index (χ3v) is 1.86. The molecule has 0 fully saturated rings. The van der Waals surface area contributed by atoms with E-state index in [2.05, 4.69) is 0 Å². The lowest BCUT2D eigenvalue weighted by molar-refractivity contribution is 0.132. The van der Waals surface area contributed by atoms with Gasteiger partial charge in [-0.25, -0.2) is 8.78 Å². The fraction of sp³-hybridized carbons (Fsp3) is 0.400. The van der Waals surface area contributed by atoms with Crippen LogP contribution in [-0.4, -0.2) is 13.2 Å². The second-order valence-electron chi connectivity index (χ2n) is 2.93. The van der Waals surface area contributed by atoms with E-state index in [4.69, 9.17) is 10.5 Å². The topological polar surface area (TPSA) is 35.2 Å². The molecule has 14 heavy (non-hydrogen) atoms. The molecule has 0 heterocycles. The summed E-state index contributed by atoms with van der Waals surface area (Å²) in [6.07, 6.45) is 0. The van der Waals surface area contributed by atoms with E-state index in [0.29, 0.717) is 6.61 Å². The van der Waals surface area contributed by atoms with Gasteiger partial charge in [0.05, 0.1) is 12.6 Å². The average molecular weight is 201 g/mol. The number of rotatable bonds is 4. The zero-order valence-corrected chi connectivity index (χ0v) is 7.97. The van der Waals surface area contributed by atoms with Crippen molar-refractivity contribution < 1.29 is 13.5 Å². The highest BCUT2D eigenvalue weighted by atomic mass is 19.1. The van der Waals surface area contributed by atoms with Gasteiger partial charge in [0.25, 0.3) is 0 Å². The van der Waals surface area contributed by atoms with Gasteiger partial charge < -0.3 is 10.5 Å². The number of nitrogens with two attached hydrogens (primary N) is 1. The zero-order chi connectivity index (χ0) is 10.6. The molecule has 0 saturated carbocycles. The summed E-state index contributed by atoms with van der Waals surface area (Å²) in [5.74, 6) is -0.994. The molecule has 0 spiro atoms. The smallest absolute Gasteiger partial charge is 0.128 e. The molecule has 0 amide bonds. The van der Waals surface area contributed by atoms with Gasteiger partial charge in [0.2, 0.25) is 0 Å². The Morgan fingerprint density at radius 3 is 2.79 bits per heavy atom. The van der Waals surface area contributed by atoms with Gasteiger partial charge in [-0.3, -0.25) is 0 Å². The second-order valence-corrected chi connectivity index (χ2v) is 2.93. The van der Waals surface area contributed by atoms with Crippen LogP contribution in [0.15, 0.2) is 18.2 Å². The van der Waals surface area contributed by atoms with Crippen LogP contribution in [0.5, 0.6) is 0 Å². The summed E-state index contributed by atoms with van der Waals surface area (Å²) in [6, 6.07) is 2.60. The summed E-state index contributed by atoms with van der Waals surface area (Å²) in [5, 5.41) is 0. The Hall–Kier alpha value is -1.00. The number of ether oxygens (including phenoxy) is 1. The number of benzene rings is 1. The van der Waals surface area contributed by atoms with Crippen molar-refractivity contribution in [2.45, 2.75) is 13.0 Å². The minimum atomic E-state index is -0.620. The van der Waals surface area contributed by atoms with Crippen molar-refractivity contribution in [3.8, 4) is 0 Å². The van der Waals surface area contributed by atoms with Gasteiger partial charge in [0, 0.05) is 12.2 Å². The largest absolute Gasteiger partial charge is 0.380 e. The number of halogens is 2. The van der Waals surface area contributed by atoms with Gasteiger partial charge >= 0.3 is 0 Å². The van der Waals surface area contributed by atoms with Crippen LogP contribution >= 0.6 is 0 Å². The van der Waals surface area contributed by atoms with Gasteiger partial charge in [0.1, 0.15) is 11.6 Å². The summed E-state index contributed by atoms with van der Waals surface area (Å²) in [4.78, 5) is 0. The molecule has 4 heteroatoms. The third-order valence-electron chi connectivity index (χ3n) is 1.86. The van der Waals surface area contributed by atoms with Crippen molar-refractivity contribution in [3.63, 3.8) is 0 Å². The highest BCUT2D eigenvalue weighted by Gasteiger charge is 2.12. The Kier molecular flexibility index (Phi) is 3.98. The Bertz CT molecular complexity index is 304. The highest BCUT2D eigenvalue weighted by Crippen LogP contribution is 2.16. The van der Waals surface area contributed by atoms with Crippen LogP contribution < -0.4 is 5.73 Å². The molecule has 0 aromatic heterocycles. The third kappa shape index (κ3) is 2.75. The first-order valence-electron chi connectivity index (χ1n) is 4.43. The van der Waals surface area contributed by atoms with Crippen molar-refractivity contribution in [1.29, 1.82) is 0 Å². The summed E-state index contributed by atoms with van der Waals surface area (Å²) in [6.45, 7) is 2.51. The summed E-state index contributed by atoms with van der Waals surface area (Å²) in [5.41, 5.74) is 5.77. The Labute approximate surface area is 81.7 Å². The van der Waals surface area contributed by atoms with E-state index in [-0.39, 0.29) is 12.2 Å². The summed E-state index contributed by atoms with van der Waals surface area (Å²) >= 11 is 0. The maximum atomic E-state index is 13.1. The van der Waals surface area contributed by atoms with Crippen LogP contribution in [0, 0.1) is 11.6 Å². The van der Waals surface area contributed by atoms with Crippen molar-refractivity contribution in [1.82, 2.24) is 0 Å². The first-order chi connectivity index (χ1) is 6.65. The van der Waals surface area contributed by atoms with E-state index in [0.717, 1.165) is 18.2 Å². The molecule has 0 aliphatic rings. The molecular formula is C10H13F2NO. The van der Waals surface area contributed by atoms with Gasteiger partial charge in [-0.15, -0.1) is 0 Å². The minimum absolute atomic E-state index is 0.151. The fourth-order valence-electron chi connectivity index (χ4n) is 1.13. The molecule has 0 bridgehead atoms. The van der Waals surface area contributed by atoms with E-state index in [1.165, 1.54) is 0 Å². The summed E-state index contributed by atoms with van der Waals surface area (Å²) < 4.78 is 30.9. The van der Waals surface area contributed by atoms with E-state index >= 15 is 0 Å². The molecule has 78 valence electrons. The monoisotopic (exact) mass is 201 g/mol. The van der Waals surface area contributed by atoms with Crippen LogP contribution in [-0.2, 0) is 4.74 Å². The van der Waals surface area contributed by atoms with Crippen molar-refractivity contribution >= 4 is 0 Å². The van der Waals surface area contributed by atoms with E-state index in [1.54, 1.807) is 0 Å². The SMILES string of the molecule is CCOCC(N)c1cc(F)ccc1F. The first kappa shape index (κ1) is 11.1. The fourth-order valence-corrected chi connectivity index (χ4v) is 1.13.